The smallest absolute Gasteiger partial charge is 0.303 e. The molecule has 1 aromatic carbocycles. The van der Waals surface area contributed by atoms with Gasteiger partial charge in [0.15, 0.2) is 11.6 Å². The minimum absolute atomic E-state index is 0.00924. The van der Waals surface area contributed by atoms with E-state index in [1.807, 2.05) is 0 Å². The van der Waals surface area contributed by atoms with Crippen LogP contribution in [0.3, 0.4) is 0 Å². The number of carboxylic acid groups (broad SMARTS) is 1. The molecule has 0 unspecified atom stereocenters. The quantitative estimate of drug-likeness (QED) is 0.239. The molecule has 5 nitrogen and oxygen atoms in total. The average Bonchev–Trinajstić information content (AvgIpc) is 3.18. The molecule has 0 fully saturated rings. The lowest BCUT2D eigenvalue weighted by molar-refractivity contribution is -0.141. The van der Waals surface area contributed by atoms with E-state index in [-0.39, 0.29) is 40.5 Å². The minimum atomic E-state index is -1.31. The number of fused-ring (bicyclic) bond motifs is 1. The molecule has 2 aromatic rings. The number of carboxylic acids is 1. The predicted octanol–water partition coefficient (Wildman–Crippen LogP) is 6.44. The molecule has 0 saturated heterocycles. The Morgan fingerprint density at radius 2 is 1.59 bits per heavy atom. The van der Waals surface area contributed by atoms with Gasteiger partial charge >= 0.3 is 5.97 Å². The number of carbonyl (C=O) groups is 2. The Bertz CT molecular complexity index is 904. The summed E-state index contributed by atoms with van der Waals surface area (Å²) in [7, 11) is 0. The summed E-state index contributed by atoms with van der Waals surface area (Å²) < 4.78 is 41.3. The number of rotatable bonds is 15. The highest BCUT2D eigenvalue weighted by Gasteiger charge is 2.21. The van der Waals surface area contributed by atoms with Crippen molar-refractivity contribution >= 4 is 33.4 Å². The number of benzene rings is 1. The van der Waals surface area contributed by atoms with Crippen molar-refractivity contribution in [2.45, 2.75) is 84.1 Å². The van der Waals surface area contributed by atoms with E-state index in [1.165, 1.54) is 37.0 Å². The molecule has 1 amide bonds. The summed E-state index contributed by atoms with van der Waals surface area (Å²) in [5.74, 6) is -4.84. The van der Waals surface area contributed by atoms with Crippen molar-refractivity contribution in [2.75, 3.05) is 6.54 Å². The summed E-state index contributed by atoms with van der Waals surface area (Å²) in [5, 5.41) is 9.15. The number of halogens is 3. The van der Waals surface area contributed by atoms with E-state index in [0.717, 1.165) is 37.0 Å². The molecule has 0 aliphatic rings. The second kappa shape index (κ2) is 13.4. The van der Waals surface area contributed by atoms with E-state index >= 15 is 0 Å². The standard InChI is InChI=1S/C23H31F3N2O3S/c1-2-3-4-5-6-7-8-9-10-13-28(19(29)11-12-20(30)31)15-18-27-22-21(26)16(24)14-17(25)23(22)32-18/h14H,2-13,15H2,1H3,(H,30,31). The van der Waals surface area contributed by atoms with Gasteiger partial charge in [0.2, 0.25) is 5.91 Å². The maximum Gasteiger partial charge on any atom is 0.303 e. The van der Waals surface area contributed by atoms with E-state index in [1.54, 1.807) is 0 Å². The average molecular weight is 473 g/mol. The Morgan fingerprint density at radius 3 is 2.22 bits per heavy atom. The van der Waals surface area contributed by atoms with Crippen LogP contribution in [0.1, 0.15) is 82.6 Å². The molecule has 2 rings (SSSR count). The normalized spacial score (nSPS) is 11.2. The molecular formula is C23H31F3N2O3S. The van der Waals surface area contributed by atoms with Crippen LogP contribution >= 0.6 is 11.3 Å². The Kier molecular flexibility index (Phi) is 10.9. The lowest BCUT2D eigenvalue weighted by Crippen LogP contribution is -2.31. The number of hydrogen-bond acceptors (Lipinski definition) is 4. The Labute approximate surface area is 190 Å². The summed E-state index contributed by atoms with van der Waals surface area (Å²) in [4.78, 5) is 28.9. The first kappa shape index (κ1) is 26.1. The van der Waals surface area contributed by atoms with Gasteiger partial charge in [-0.25, -0.2) is 18.2 Å². The van der Waals surface area contributed by atoms with Crippen LogP contribution in [0.5, 0.6) is 0 Å². The lowest BCUT2D eigenvalue weighted by Gasteiger charge is -2.21. The molecule has 32 heavy (non-hydrogen) atoms. The summed E-state index contributed by atoms with van der Waals surface area (Å²) in [6, 6.07) is 0.484. The molecule has 0 atom stereocenters. The lowest BCUT2D eigenvalue weighted by atomic mass is 10.1. The number of amides is 1. The number of aromatic nitrogens is 1. The van der Waals surface area contributed by atoms with Gasteiger partial charge in [0.05, 0.1) is 17.7 Å². The van der Waals surface area contributed by atoms with Crippen molar-refractivity contribution in [1.29, 1.82) is 0 Å². The summed E-state index contributed by atoms with van der Waals surface area (Å²) >= 11 is 0.871. The van der Waals surface area contributed by atoms with Gasteiger partial charge in [-0.15, -0.1) is 11.3 Å². The van der Waals surface area contributed by atoms with Gasteiger partial charge in [0.25, 0.3) is 0 Å². The third-order valence-electron chi connectivity index (χ3n) is 5.32. The van der Waals surface area contributed by atoms with Gasteiger partial charge in [0, 0.05) is 19.0 Å². The highest BCUT2D eigenvalue weighted by molar-refractivity contribution is 7.18. The van der Waals surface area contributed by atoms with Crippen LogP contribution in [0.25, 0.3) is 10.2 Å². The Balaban J connectivity index is 1.96. The summed E-state index contributed by atoms with van der Waals surface area (Å²) in [6.45, 7) is 2.60. The van der Waals surface area contributed by atoms with Crippen LogP contribution in [-0.2, 0) is 16.1 Å². The van der Waals surface area contributed by atoms with E-state index < -0.39 is 23.4 Å². The predicted molar refractivity (Wildman–Crippen MR) is 119 cm³/mol. The number of nitrogens with zero attached hydrogens (tertiary/aromatic N) is 2. The molecule has 1 aromatic heterocycles. The molecule has 0 bridgehead atoms. The van der Waals surface area contributed by atoms with Crippen LogP contribution < -0.4 is 0 Å². The van der Waals surface area contributed by atoms with Crippen LogP contribution in [0, 0.1) is 17.5 Å². The van der Waals surface area contributed by atoms with Gasteiger partial charge in [-0.05, 0) is 6.42 Å². The molecular weight excluding hydrogens is 441 g/mol. The van der Waals surface area contributed by atoms with E-state index in [2.05, 4.69) is 11.9 Å². The second-order valence-electron chi connectivity index (χ2n) is 7.98. The molecule has 0 spiro atoms. The van der Waals surface area contributed by atoms with Gasteiger partial charge in [0.1, 0.15) is 16.3 Å². The van der Waals surface area contributed by atoms with E-state index in [0.29, 0.717) is 12.6 Å². The van der Waals surface area contributed by atoms with Gasteiger partial charge in [-0.3, -0.25) is 9.59 Å². The molecule has 1 heterocycles. The van der Waals surface area contributed by atoms with Crippen LogP contribution in [-0.4, -0.2) is 33.4 Å². The maximum absolute atomic E-state index is 14.0. The van der Waals surface area contributed by atoms with Crippen molar-refractivity contribution in [2.24, 2.45) is 0 Å². The topological polar surface area (TPSA) is 70.5 Å². The number of aliphatic carboxylic acids is 1. The molecule has 178 valence electrons. The summed E-state index contributed by atoms with van der Waals surface area (Å²) in [6.07, 6.45) is 9.60. The third-order valence-corrected chi connectivity index (χ3v) is 6.37. The molecule has 9 heteroatoms. The first-order chi connectivity index (χ1) is 15.3. The maximum atomic E-state index is 14.0. The van der Waals surface area contributed by atoms with Gasteiger partial charge < -0.3 is 10.0 Å². The first-order valence-electron chi connectivity index (χ1n) is 11.3. The van der Waals surface area contributed by atoms with E-state index in [4.69, 9.17) is 5.11 Å². The summed E-state index contributed by atoms with van der Waals surface area (Å²) in [5.41, 5.74) is -0.386. The van der Waals surface area contributed by atoms with Crippen LogP contribution in [0.2, 0.25) is 0 Å². The minimum Gasteiger partial charge on any atom is -0.481 e. The van der Waals surface area contributed by atoms with Crippen molar-refractivity contribution in [1.82, 2.24) is 9.88 Å². The van der Waals surface area contributed by atoms with Crippen molar-refractivity contribution in [3.8, 4) is 0 Å². The molecule has 0 saturated carbocycles. The SMILES string of the molecule is CCCCCCCCCCCN(Cc1nc2c(F)c(F)cc(F)c2s1)C(=O)CCC(=O)O. The monoisotopic (exact) mass is 472 g/mol. The van der Waals surface area contributed by atoms with Crippen molar-refractivity contribution < 1.29 is 27.9 Å². The van der Waals surface area contributed by atoms with Crippen LogP contribution in [0.15, 0.2) is 6.07 Å². The highest BCUT2D eigenvalue weighted by Crippen LogP contribution is 2.29. The highest BCUT2D eigenvalue weighted by atomic mass is 32.1. The second-order valence-corrected chi connectivity index (χ2v) is 9.06. The first-order valence-corrected chi connectivity index (χ1v) is 12.1. The zero-order valence-electron chi connectivity index (χ0n) is 18.5. The van der Waals surface area contributed by atoms with Gasteiger partial charge in [-0.1, -0.05) is 58.3 Å². The van der Waals surface area contributed by atoms with Crippen LogP contribution in [0.4, 0.5) is 13.2 Å². The largest absolute Gasteiger partial charge is 0.481 e. The number of unbranched alkanes of at least 4 members (excludes halogenated alkanes) is 8. The van der Waals surface area contributed by atoms with E-state index in [9.17, 15) is 22.8 Å². The third kappa shape index (κ3) is 8.07. The number of hydrogen-bond donors (Lipinski definition) is 1. The van der Waals surface area contributed by atoms with Gasteiger partial charge in [-0.2, -0.15) is 0 Å². The zero-order chi connectivity index (χ0) is 23.5. The van der Waals surface area contributed by atoms with Crippen molar-refractivity contribution in [3.05, 3.63) is 28.5 Å². The Morgan fingerprint density at radius 1 is 0.969 bits per heavy atom. The Hall–Kier alpha value is -2.16. The fraction of sp³-hybridized carbons (Fsp3) is 0.609. The fourth-order valence-electron chi connectivity index (χ4n) is 3.54. The zero-order valence-corrected chi connectivity index (χ0v) is 19.3. The molecule has 0 radical (unpaired) electrons. The molecule has 1 N–H and O–H groups in total. The molecule has 0 aliphatic carbocycles. The fourth-order valence-corrected chi connectivity index (χ4v) is 4.52. The molecule has 0 aliphatic heterocycles. The number of carbonyl (C=O) groups excluding carboxylic acids is 1. The van der Waals surface area contributed by atoms with Crippen molar-refractivity contribution in [3.63, 3.8) is 0 Å². The number of thiazole rings is 1.